The van der Waals surface area contributed by atoms with Crippen LogP contribution >= 0.6 is 11.5 Å². The molecule has 0 amide bonds. The number of aryl methyl sites for hydroxylation is 1. The van der Waals surface area contributed by atoms with Crippen molar-refractivity contribution in [2.24, 2.45) is 0 Å². The highest BCUT2D eigenvalue weighted by atomic mass is 32.1. The molecule has 0 bridgehead atoms. The van der Waals surface area contributed by atoms with Crippen molar-refractivity contribution in [3.8, 4) is 22.4 Å². The molecular weight excluding hydrogens is 252 g/mol. The van der Waals surface area contributed by atoms with Gasteiger partial charge >= 0.3 is 0 Å². The van der Waals surface area contributed by atoms with Crippen LogP contribution in [-0.4, -0.2) is 23.6 Å². The maximum Gasteiger partial charge on any atom is 0.298 e. The molecule has 0 atom stereocenters. The highest BCUT2D eigenvalue weighted by molar-refractivity contribution is 7.07. The van der Waals surface area contributed by atoms with Crippen LogP contribution in [0.15, 0.2) is 18.2 Å². The second-order valence-corrected chi connectivity index (χ2v) is 4.19. The molecule has 0 aliphatic carbocycles. The first kappa shape index (κ1) is 12.6. The summed E-state index contributed by atoms with van der Waals surface area (Å²) < 4.78 is 20.1. The molecule has 2 aromatic rings. The fourth-order valence-electron chi connectivity index (χ4n) is 1.36. The van der Waals surface area contributed by atoms with Gasteiger partial charge in [-0.3, -0.25) is 0 Å². The van der Waals surface area contributed by atoms with Crippen LogP contribution in [0.25, 0.3) is 0 Å². The molecule has 5 nitrogen and oxygen atoms in total. The summed E-state index contributed by atoms with van der Waals surface area (Å²) in [6.07, 6.45) is 0.793. The van der Waals surface area contributed by atoms with E-state index in [1.54, 1.807) is 32.4 Å². The molecular formula is C12H14N2O3S. The normalized spacial score (nSPS) is 10.2. The van der Waals surface area contributed by atoms with E-state index >= 15 is 0 Å². The largest absolute Gasteiger partial charge is 0.496 e. The smallest absolute Gasteiger partial charge is 0.298 e. The van der Waals surface area contributed by atoms with Gasteiger partial charge in [0.2, 0.25) is 0 Å². The molecule has 0 unspecified atom stereocenters. The number of aromatic nitrogens is 2. The van der Waals surface area contributed by atoms with Gasteiger partial charge in [-0.2, -0.15) is 9.36 Å². The van der Waals surface area contributed by atoms with E-state index in [-0.39, 0.29) is 0 Å². The average molecular weight is 266 g/mol. The predicted molar refractivity (Wildman–Crippen MR) is 68.9 cm³/mol. The molecule has 0 aliphatic heterocycles. The Morgan fingerprint density at radius 1 is 1.06 bits per heavy atom. The Labute approximate surface area is 110 Å². The van der Waals surface area contributed by atoms with Crippen LogP contribution in [-0.2, 0) is 6.42 Å². The first-order valence-corrected chi connectivity index (χ1v) is 6.26. The number of rotatable bonds is 5. The van der Waals surface area contributed by atoms with Crippen molar-refractivity contribution in [3.63, 3.8) is 0 Å². The van der Waals surface area contributed by atoms with Gasteiger partial charge in [-0.25, -0.2) is 0 Å². The quantitative estimate of drug-likeness (QED) is 0.832. The standard InChI is InChI=1S/C12H14N2O3S/c1-4-11-13-12(18-14-11)17-10-6-8(15-2)5-9(7-10)16-3/h5-7H,4H2,1-3H3. The topological polar surface area (TPSA) is 53.5 Å². The van der Waals surface area contributed by atoms with Crippen molar-refractivity contribution in [3.05, 3.63) is 24.0 Å². The minimum atomic E-state index is 0.516. The van der Waals surface area contributed by atoms with Crippen molar-refractivity contribution >= 4 is 11.5 Å². The molecule has 0 fully saturated rings. The lowest BCUT2D eigenvalue weighted by atomic mass is 10.3. The third-order valence-corrected chi connectivity index (χ3v) is 2.93. The molecule has 0 saturated heterocycles. The maximum atomic E-state index is 5.63. The fraction of sp³-hybridized carbons (Fsp3) is 0.333. The van der Waals surface area contributed by atoms with Gasteiger partial charge in [0.15, 0.2) is 0 Å². The van der Waals surface area contributed by atoms with Gasteiger partial charge in [0.05, 0.1) is 14.2 Å². The summed E-state index contributed by atoms with van der Waals surface area (Å²) in [7, 11) is 3.19. The Balaban J connectivity index is 2.22. The third-order valence-electron chi connectivity index (χ3n) is 2.30. The van der Waals surface area contributed by atoms with Gasteiger partial charge < -0.3 is 14.2 Å². The number of nitrogens with zero attached hydrogens (tertiary/aromatic N) is 2. The average Bonchev–Trinajstić information content (AvgIpc) is 2.85. The van der Waals surface area contributed by atoms with Gasteiger partial charge in [0, 0.05) is 36.2 Å². The molecule has 0 radical (unpaired) electrons. The highest BCUT2D eigenvalue weighted by Gasteiger charge is 2.07. The fourth-order valence-corrected chi connectivity index (χ4v) is 2.00. The number of hydrogen-bond donors (Lipinski definition) is 0. The first-order chi connectivity index (χ1) is 8.75. The van der Waals surface area contributed by atoms with E-state index in [4.69, 9.17) is 14.2 Å². The summed E-state index contributed by atoms with van der Waals surface area (Å²) in [5, 5.41) is 0.516. The van der Waals surface area contributed by atoms with E-state index in [1.807, 2.05) is 6.92 Å². The van der Waals surface area contributed by atoms with E-state index in [9.17, 15) is 0 Å². The molecule has 96 valence electrons. The zero-order valence-electron chi connectivity index (χ0n) is 10.5. The Morgan fingerprint density at radius 2 is 1.67 bits per heavy atom. The van der Waals surface area contributed by atoms with Gasteiger partial charge in [-0.1, -0.05) is 6.92 Å². The van der Waals surface area contributed by atoms with Crippen molar-refractivity contribution < 1.29 is 14.2 Å². The Morgan fingerprint density at radius 3 is 2.17 bits per heavy atom. The summed E-state index contributed by atoms with van der Waals surface area (Å²) in [6, 6.07) is 5.33. The number of hydrogen-bond acceptors (Lipinski definition) is 6. The SMILES string of the molecule is CCc1nsc(Oc2cc(OC)cc(OC)c2)n1. The van der Waals surface area contributed by atoms with Crippen LogP contribution in [0.1, 0.15) is 12.7 Å². The molecule has 6 heteroatoms. The number of benzene rings is 1. The zero-order chi connectivity index (χ0) is 13.0. The molecule has 0 N–H and O–H groups in total. The van der Waals surface area contributed by atoms with Crippen LogP contribution in [0.4, 0.5) is 0 Å². The van der Waals surface area contributed by atoms with Crippen molar-refractivity contribution in [1.82, 2.24) is 9.36 Å². The van der Waals surface area contributed by atoms with Crippen LogP contribution in [0.3, 0.4) is 0 Å². The van der Waals surface area contributed by atoms with Crippen LogP contribution in [0.2, 0.25) is 0 Å². The van der Waals surface area contributed by atoms with Gasteiger partial charge in [0.1, 0.15) is 23.1 Å². The first-order valence-electron chi connectivity index (χ1n) is 5.48. The van der Waals surface area contributed by atoms with Gasteiger partial charge in [-0.05, 0) is 0 Å². The summed E-state index contributed by atoms with van der Waals surface area (Å²) in [4.78, 5) is 4.24. The molecule has 18 heavy (non-hydrogen) atoms. The van der Waals surface area contributed by atoms with Crippen LogP contribution in [0, 0.1) is 0 Å². The van der Waals surface area contributed by atoms with E-state index in [1.165, 1.54) is 11.5 Å². The Hall–Kier alpha value is -1.82. The van der Waals surface area contributed by atoms with Crippen LogP contribution < -0.4 is 14.2 Å². The highest BCUT2D eigenvalue weighted by Crippen LogP contribution is 2.31. The molecule has 0 aliphatic rings. The minimum absolute atomic E-state index is 0.516. The lowest BCUT2D eigenvalue weighted by Crippen LogP contribution is -1.90. The zero-order valence-corrected chi connectivity index (χ0v) is 11.3. The Bertz CT molecular complexity index is 506. The van der Waals surface area contributed by atoms with Crippen molar-refractivity contribution in [2.45, 2.75) is 13.3 Å². The van der Waals surface area contributed by atoms with Gasteiger partial charge in [-0.15, -0.1) is 0 Å². The third kappa shape index (κ3) is 2.89. The number of ether oxygens (including phenoxy) is 3. The van der Waals surface area contributed by atoms with E-state index in [0.717, 1.165) is 12.2 Å². The van der Waals surface area contributed by atoms with Crippen LogP contribution in [0.5, 0.6) is 22.4 Å². The van der Waals surface area contributed by atoms with Crippen molar-refractivity contribution in [1.29, 1.82) is 0 Å². The molecule has 1 heterocycles. The van der Waals surface area contributed by atoms with Crippen molar-refractivity contribution in [2.75, 3.05) is 14.2 Å². The van der Waals surface area contributed by atoms with E-state index < -0.39 is 0 Å². The van der Waals surface area contributed by atoms with E-state index in [2.05, 4.69) is 9.36 Å². The molecule has 1 aromatic carbocycles. The Kier molecular flexibility index (Phi) is 3.99. The van der Waals surface area contributed by atoms with Gasteiger partial charge in [0.25, 0.3) is 5.19 Å². The molecule has 0 saturated carbocycles. The van der Waals surface area contributed by atoms with E-state index in [0.29, 0.717) is 22.4 Å². The summed E-state index contributed by atoms with van der Waals surface area (Å²) in [5.41, 5.74) is 0. The lowest BCUT2D eigenvalue weighted by Gasteiger charge is -2.07. The molecule has 0 spiro atoms. The minimum Gasteiger partial charge on any atom is -0.496 e. The lowest BCUT2D eigenvalue weighted by molar-refractivity contribution is 0.386. The monoisotopic (exact) mass is 266 g/mol. The second kappa shape index (κ2) is 5.68. The maximum absolute atomic E-state index is 5.63. The molecule has 2 rings (SSSR count). The summed E-state index contributed by atoms with van der Waals surface area (Å²) in [5.74, 6) is 2.74. The molecule has 1 aromatic heterocycles. The summed E-state index contributed by atoms with van der Waals surface area (Å²) >= 11 is 1.23. The second-order valence-electron chi connectivity index (χ2n) is 3.48. The predicted octanol–water partition coefficient (Wildman–Crippen LogP) is 2.91. The summed E-state index contributed by atoms with van der Waals surface area (Å²) in [6.45, 7) is 2.00. The number of methoxy groups -OCH3 is 2.